The van der Waals surface area contributed by atoms with E-state index in [1.807, 2.05) is 0 Å². The Morgan fingerprint density at radius 1 is 1.44 bits per heavy atom. The minimum atomic E-state index is -3.44. The van der Waals surface area contributed by atoms with Gasteiger partial charge in [0.1, 0.15) is 0 Å². The molecule has 7 nitrogen and oxygen atoms in total. The van der Waals surface area contributed by atoms with Gasteiger partial charge in [0.15, 0.2) is 0 Å². The molecular weight excluding hydrogens is 257 g/mol. The zero-order valence-corrected chi connectivity index (χ0v) is 11.9. The summed E-state index contributed by atoms with van der Waals surface area (Å²) < 4.78 is 28.6. The summed E-state index contributed by atoms with van der Waals surface area (Å²) in [4.78, 5) is 2.75. The Morgan fingerprint density at radius 2 is 2.00 bits per heavy atom. The van der Waals surface area contributed by atoms with Crippen LogP contribution in [0.2, 0.25) is 0 Å². The van der Waals surface area contributed by atoms with Gasteiger partial charge in [0.25, 0.3) is 0 Å². The van der Waals surface area contributed by atoms with E-state index < -0.39 is 13.2 Å². The third-order valence-electron chi connectivity index (χ3n) is 2.49. The van der Waals surface area contributed by atoms with Crippen molar-refractivity contribution in [1.29, 1.82) is 0 Å². The van der Waals surface area contributed by atoms with E-state index in [9.17, 15) is 4.57 Å². The molecule has 0 atom stereocenters. The fourth-order valence-electron chi connectivity index (χ4n) is 1.70. The van der Waals surface area contributed by atoms with Crippen LogP contribution in [0, 0.1) is 0 Å². The Kier molecular flexibility index (Phi) is 4.96. The van der Waals surface area contributed by atoms with Gasteiger partial charge in [-0.2, -0.15) is 0 Å². The van der Waals surface area contributed by atoms with Crippen LogP contribution in [0.1, 0.15) is 27.7 Å². The largest absolute Gasteiger partial charge is 0.366 e. The van der Waals surface area contributed by atoms with Gasteiger partial charge in [-0.05, 0) is 33.2 Å². The van der Waals surface area contributed by atoms with E-state index in [2.05, 4.69) is 10.0 Å². The Hall–Kier alpha value is -0.840. The number of hydrogen-bond donors (Lipinski definition) is 0. The first-order chi connectivity index (χ1) is 8.41. The predicted octanol–water partition coefficient (Wildman–Crippen LogP) is 3.58. The summed E-state index contributed by atoms with van der Waals surface area (Å²) in [5.41, 5.74) is 8.10. The Balaban J connectivity index is 3.29. The lowest BCUT2D eigenvalue weighted by Crippen LogP contribution is -2.20. The maximum atomic E-state index is 12.6. The van der Waals surface area contributed by atoms with Crippen molar-refractivity contribution >= 4 is 7.60 Å². The first kappa shape index (κ1) is 15.2. The summed E-state index contributed by atoms with van der Waals surface area (Å²) in [5.74, 6) is 0. The molecule has 0 aromatic heterocycles. The zero-order chi connectivity index (χ0) is 13.8. The van der Waals surface area contributed by atoms with E-state index in [0.717, 1.165) is 0 Å². The summed E-state index contributed by atoms with van der Waals surface area (Å²) in [7, 11) is -3.44. The van der Waals surface area contributed by atoms with Crippen molar-refractivity contribution in [3.63, 3.8) is 0 Å². The number of rotatable bonds is 6. The Bertz CT molecular complexity index is 430. The molecule has 0 aromatic rings. The summed E-state index contributed by atoms with van der Waals surface area (Å²) >= 11 is 0. The Morgan fingerprint density at radius 3 is 2.44 bits per heavy atom. The minimum Gasteiger partial charge on any atom is -0.366 e. The molecule has 0 bridgehead atoms. The maximum Gasteiger partial charge on any atom is 0.359 e. The van der Waals surface area contributed by atoms with E-state index in [1.54, 1.807) is 27.7 Å². The Labute approximate surface area is 106 Å². The third-order valence-corrected chi connectivity index (χ3v) is 4.69. The van der Waals surface area contributed by atoms with Crippen LogP contribution in [-0.2, 0) is 18.3 Å². The average Bonchev–Trinajstić information content (AvgIpc) is 2.57. The average molecular weight is 275 g/mol. The highest BCUT2D eigenvalue weighted by molar-refractivity contribution is 7.58. The van der Waals surface area contributed by atoms with Crippen LogP contribution in [0.4, 0.5) is 0 Å². The van der Waals surface area contributed by atoms with Crippen LogP contribution in [0.5, 0.6) is 0 Å². The molecule has 0 unspecified atom stereocenters. The quantitative estimate of drug-likeness (QED) is 0.320. The molecule has 1 heterocycles. The van der Waals surface area contributed by atoms with Gasteiger partial charge in [-0.3, -0.25) is 4.57 Å². The van der Waals surface area contributed by atoms with Crippen LogP contribution in [0.15, 0.2) is 16.1 Å². The highest BCUT2D eigenvalue weighted by Gasteiger charge is 2.43. The lowest BCUT2D eigenvalue weighted by molar-refractivity contribution is 0.0479. The zero-order valence-electron chi connectivity index (χ0n) is 11.0. The molecule has 0 fully saturated rings. The van der Waals surface area contributed by atoms with E-state index >= 15 is 0 Å². The number of ether oxygens (including phenoxy) is 1. The summed E-state index contributed by atoms with van der Waals surface area (Å²) in [6, 6.07) is 0. The van der Waals surface area contributed by atoms with Crippen LogP contribution < -0.4 is 0 Å². The van der Waals surface area contributed by atoms with Crippen molar-refractivity contribution in [1.82, 2.24) is 0 Å². The van der Waals surface area contributed by atoms with Gasteiger partial charge in [-0.15, -0.1) is 0 Å². The summed E-state index contributed by atoms with van der Waals surface area (Å²) in [5, 5.41) is 3.91. The van der Waals surface area contributed by atoms with Gasteiger partial charge in [0.2, 0.25) is 0 Å². The van der Waals surface area contributed by atoms with Crippen LogP contribution in [0.25, 0.3) is 10.4 Å². The number of nitrogens with zero attached hydrogens (tertiary/aromatic N) is 3. The standard InChI is InChI=1S/C10H18N3O4P/c1-5-16-18(14,17-6-2)8-7-15-10(3,4)9(8)12-13-11/h5-7H2,1-4H3. The molecule has 0 radical (unpaired) electrons. The second kappa shape index (κ2) is 5.87. The minimum absolute atomic E-state index is 0.0820. The monoisotopic (exact) mass is 275 g/mol. The predicted molar refractivity (Wildman–Crippen MR) is 67.1 cm³/mol. The topological polar surface area (TPSA) is 93.5 Å². The van der Waals surface area contributed by atoms with Gasteiger partial charge < -0.3 is 13.8 Å². The lowest BCUT2D eigenvalue weighted by Gasteiger charge is -2.19. The van der Waals surface area contributed by atoms with Crippen molar-refractivity contribution in [2.45, 2.75) is 33.3 Å². The molecule has 102 valence electrons. The van der Waals surface area contributed by atoms with Crippen molar-refractivity contribution in [3.8, 4) is 0 Å². The first-order valence-corrected chi connectivity index (χ1v) is 7.28. The smallest absolute Gasteiger partial charge is 0.359 e. The van der Waals surface area contributed by atoms with Crippen LogP contribution >= 0.6 is 7.60 Å². The molecule has 1 aliphatic heterocycles. The van der Waals surface area contributed by atoms with Crippen molar-refractivity contribution in [3.05, 3.63) is 21.5 Å². The van der Waals surface area contributed by atoms with Crippen molar-refractivity contribution in [2.75, 3.05) is 19.8 Å². The summed E-state index contributed by atoms with van der Waals surface area (Å²) in [6.07, 6.45) is 0. The molecule has 0 saturated carbocycles. The van der Waals surface area contributed by atoms with Crippen molar-refractivity contribution in [2.24, 2.45) is 5.11 Å². The summed E-state index contributed by atoms with van der Waals surface area (Å²) in [6.45, 7) is 7.49. The fraction of sp³-hybridized carbons (Fsp3) is 0.800. The second-order valence-corrected chi connectivity index (χ2v) is 6.17. The fourth-order valence-corrected chi connectivity index (χ4v) is 3.56. The normalized spacial score (nSPS) is 18.9. The van der Waals surface area contributed by atoms with E-state index in [4.69, 9.17) is 19.3 Å². The van der Waals surface area contributed by atoms with Crippen LogP contribution in [-0.4, -0.2) is 25.4 Å². The molecule has 0 spiro atoms. The van der Waals surface area contributed by atoms with Crippen molar-refractivity contribution < 1.29 is 18.3 Å². The number of hydrogen-bond acceptors (Lipinski definition) is 5. The molecule has 0 aliphatic carbocycles. The molecule has 18 heavy (non-hydrogen) atoms. The second-order valence-electron chi connectivity index (χ2n) is 4.12. The van der Waals surface area contributed by atoms with Crippen LogP contribution in [0.3, 0.4) is 0 Å². The van der Waals surface area contributed by atoms with E-state index in [0.29, 0.717) is 5.31 Å². The van der Waals surface area contributed by atoms with Gasteiger partial charge in [-0.1, -0.05) is 5.11 Å². The highest BCUT2D eigenvalue weighted by Crippen LogP contribution is 2.60. The molecular formula is C10H18N3O4P. The molecule has 1 rings (SSSR count). The van der Waals surface area contributed by atoms with E-state index in [-0.39, 0.29) is 25.5 Å². The lowest BCUT2D eigenvalue weighted by atomic mass is 10.1. The van der Waals surface area contributed by atoms with Gasteiger partial charge in [-0.25, -0.2) is 0 Å². The van der Waals surface area contributed by atoms with E-state index in [1.165, 1.54) is 0 Å². The highest BCUT2D eigenvalue weighted by atomic mass is 31.2. The third kappa shape index (κ3) is 2.94. The molecule has 8 heteroatoms. The molecule has 0 aromatic carbocycles. The van der Waals surface area contributed by atoms with Gasteiger partial charge in [0.05, 0.1) is 36.4 Å². The van der Waals surface area contributed by atoms with Gasteiger partial charge >= 0.3 is 7.60 Å². The molecule has 1 aliphatic rings. The van der Waals surface area contributed by atoms with Gasteiger partial charge in [0, 0.05) is 4.91 Å². The molecule has 0 saturated heterocycles. The SMILES string of the molecule is CCOP(=O)(OCC)C1=C(N=[N+]=[N-])C(C)(C)OC1. The first-order valence-electron chi connectivity index (χ1n) is 5.73. The molecule has 0 amide bonds. The maximum absolute atomic E-state index is 12.6. The molecule has 0 N–H and O–H groups in total. The number of azide groups is 1.